The Bertz CT molecular complexity index is 804. The van der Waals surface area contributed by atoms with E-state index in [0.717, 1.165) is 37.3 Å². The zero-order valence-electron chi connectivity index (χ0n) is 13.8. The highest BCUT2D eigenvalue weighted by Gasteiger charge is 2.24. The van der Waals surface area contributed by atoms with Crippen LogP contribution in [-0.4, -0.2) is 44.7 Å². The average Bonchev–Trinajstić information content (AvgIpc) is 3.01. The summed E-state index contributed by atoms with van der Waals surface area (Å²) in [6.07, 6.45) is 6.73. The molecule has 0 radical (unpaired) electrons. The number of pyridine rings is 1. The molecule has 25 heavy (non-hydrogen) atoms. The van der Waals surface area contributed by atoms with E-state index in [1.807, 2.05) is 13.2 Å². The van der Waals surface area contributed by atoms with E-state index >= 15 is 0 Å². The van der Waals surface area contributed by atoms with Gasteiger partial charge in [0, 0.05) is 38.4 Å². The molecule has 3 rings (SSSR count). The Kier molecular flexibility index (Phi) is 4.50. The molecule has 0 saturated carbocycles. The first-order valence-corrected chi connectivity index (χ1v) is 7.88. The smallest absolute Gasteiger partial charge is 0.288 e. The van der Waals surface area contributed by atoms with Gasteiger partial charge < -0.3 is 16.0 Å². The normalized spacial score (nSPS) is 17.3. The number of carbonyl (C=O) groups is 1. The second-order valence-electron chi connectivity index (χ2n) is 6.01. The summed E-state index contributed by atoms with van der Waals surface area (Å²) in [5, 5.41) is 18.2. The van der Waals surface area contributed by atoms with Gasteiger partial charge in [0.2, 0.25) is 0 Å². The lowest BCUT2D eigenvalue weighted by molar-refractivity contribution is -0.385. The van der Waals surface area contributed by atoms with Crippen LogP contribution in [0.3, 0.4) is 0 Å². The number of nitrogens with zero attached hydrogens (tertiary/aromatic N) is 5. The lowest BCUT2D eigenvalue weighted by Crippen LogP contribution is -2.42. The number of carbonyl (C=O) groups excluding carboxylic acids is 1. The Labute approximate surface area is 143 Å². The van der Waals surface area contributed by atoms with Crippen LogP contribution in [0.1, 0.15) is 23.2 Å². The molecule has 1 saturated heterocycles. The fraction of sp³-hybridized carbons (Fsp3) is 0.400. The van der Waals surface area contributed by atoms with Crippen molar-refractivity contribution in [1.29, 1.82) is 0 Å². The van der Waals surface area contributed by atoms with Crippen molar-refractivity contribution >= 4 is 23.1 Å². The molecule has 2 aromatic rings. The van der Waals surface area contributed by atoms with E-state index in [0.29, 0.717) is 6.54 Å². The molecule has 3 heterocycles. The third-order valence-electron chi connectivity index (χ3n) is 4.17. The number of piperidine rings is 1. The summed E-state index contributed by atoms with van der Waals surface area (Å²) >= 11 is 0. The summed E-state index contributed by atoms with van der Waals surface area (Å²) < 4.78 is 1.75. The predicted molar refractivity (Wildman–Crippen MR) is 91.5 cm³/mol. The van der Waals surface area contributed by atoms with Crippen LogP contribution in [0.2, 0.25) is 0 Å². The van der Waals surface area contributed by atoms with Gasteiger partial charge in [-0.1, -0.05) is 0 Å². The van der Waals surface area contributed by atoms with Gasteiger partial charge in [-0.25, -0.2) is 4.98 Å². The summed E-state index contributed by atoms with van der Waals surface area (Å²) in [6, 6.07) is 1.19. The Morgan fingerprint density at radius 2 is 2.28 bits per heavy atom. The van der Waals surface area contributed by atoms with Gasteiger partial charge in [0.25, 0.3) is 11.6 Å². The lowest BCUT2D eigenvalue weighted by atomic mass is 10.0. The Hall–Kier alpha value is -3.17. The van der Waals surface area contributed by atoms with Gasteiger partial charge in [-0.3, -0.25) is 19.6 Å². The number of anilines is 2. The molecule has 0 aliphatic carbocycles. The first kappa shape index (κ1) is 16.7. The zero-order chi connectivity index (χ0) is 18.0. The summed E-state index contributed by atoms with van der Waals surface area (Å²) in [6.45, 7) is 1.63. The van der Waals surface area contributed by atoms with Gasteiger partial charge in [-0.2, -0.15) is 5.10 Å². The van der Waals surface area contributed by atoms with Crippen molar-refractivity contribution in [3.05, 3.63) is 40.3 Å². The number of aromatic nitrogens is 3. The summed E-state index contributed by atoms with van der Waals surface area (Å²) in [5.74, 6) is -0.477. The minimum absolute atomic E-state index is 0.0210. The number of nitro groups is 1. The topological polar surface area (TPSA) is 132 Å². The highest BCUT2D eigenvalue weighted by atomic mass is 16.6. The number of nitrogens with one attached hydrogen (secondary N) is 1. The van der Waals surface area contributed by atoms with E-state index in [-0.39, 0.29) is 23.1 Å². The standard InChI is InChI=1S/C15H19N7O3/c1-20-9-12(7-18-20)21-4-2-3-10(8-21)19-15-13(14(16)23)5-11(6-17-15)22(24)25/h5-7,9-10H,2-4,8H2,1H3,(H2,16,23)(H,17,19). The number of rotatable bonds is 5. The minimum atomic E-state index is -0.751. The van der Waals surface area contributed by atoms with Gasteiger partial charge >= 0.3 is 0 Å². The van der Waals surface area contributed by atoms with Crippen molar-refractivity contribution in [3.63, 3.8) is 0 Å². The van der Waals surface area contributed by atoms with Crippen LogP contribution in [0.15, 0.2) is 24.7 Å². The molecule has 1 amide bonds. The number of hydrogen-bond acceptors (Lipinski definition) is 7. The molecule has 1 fully saturated rings. The second-order valence-corrected chi connectivity index (χ2v) is 6.01. The van der Waals surface area contributed by atoms with Crippen LogP contribution >= 0.6 is 0 Å². The number of amides is 1. The molecule has 0 bridgehead atoms. The Morgan fingerprint density at radius 1 is 1.48 bits per heavy atom. The molecular weight excluding hydrogens is 326 g/mol. The number of aryl methyl sites for hydroxylation is 1. The highest BCUT2D eigenvalue weighted by Crippen LogP contribution is 2.24. The van der Waals surface area contributed by atoms with Gasteiger partial charge in [-0.15, -0.1) is 0 Å². The zero-order valence-corrected chi connectivity index (χ0v) is 13.8. The van der Waals surface area contributed by atoms with Crippen LogP contribution in [0.4, 0.5) is 17.2 Å². The van der Waals surface area contributed by atoms with E-state index in [2.05, 4.69) is 20.3 Å². The van der Waals surface area contributed by atoms with E-state index in [4.69, 9.17) is 5.73 Å². The van der Waals surface area contributed by atoms with Crippen molar-refractivity contribution in [3.8, 4) is 0 Å². The quantitative estimate of drug-likeness (QED) is 0.607. The summed E-state index contributed by atoms with van der Waals surface area (Å²) in [7, 11) is 1.86. The van der Waals surface area contributed by atoms with Gasteiger partial charge in [0.1, 0.15) is 12.0 Å². The van der Waals surface area contributed by atoms with Gasteiger partial charge in [-0.05, 0) is 12.8 Å². The van der Waals surface area contributed by atoms with Crippen molar-refractivity contribution in [1.82, 2.24) is 14.8 Å². The van der Waals surface area contributed by atoms with Crippen molar-refractivity contribution in [2.45, 2.75) is 18.9 Å². The fourth-order valence-corrected chi connectivity index (χ4v) is 2.95. The van der Waals surface area contributed by atoms with Gasteiger partial charge in [0.05, 0.1) is 22.4 Å². The van der Waals surface area contributed by atoms with E-state index in [9.17, 15) is 14.9 Å². The molecule has 10 heteroatoms. The molecular formula is C15H19N7O3. The molecule has 3 N–H and O–H groups in total. The van der Waals surface area contributed by atoms with Crippen molar-refractivity contribution in [2.75, 3.05) is 23.3 Å². The predicted octanol–water partition coefficient (Wildman–Crippen LogP) is 0.903. The SMILES string of the molecule is Cn1cc(N2CCCC(Nc3ncc([N+](=O)[O-])cc3C(N)=O)C2)cn1. The molecule has 10 nitrogen and oxygen atoms in total. The molecule has 1 atom stereocenters. The van der Waals surface area contributed by atoms with Crippen LogP contribution in [-0.2, 0) is 7.05 Å². The van der Waals surface area contributed by atoms with Gasteiger partial charge in [0.15, 0.2) is 0 Å². The van der Waals surface area contributed by atoms with Crippen LogP contribution in [0, 0.1) is 10.1 Å². The third-order valence-corrected chi connectivity index (χ3v) is 4.17. The van der Waals surface area contributed by atoms with Crippen molar-refractivity contribution < 1.29 is 9.72 Å². The Morgan fingerprint density at radius 3 is 2.92 bits per heavy atom. The molecule has 1 unspecified atom stereocenters. The maximum absolute atomic E-state index is 11.6. The minimum Gasteiger partial charge on any atom is -0.367 e. The molecule has 0 spiro atoms. The Balaban J connectivity index is 1.77. The summed E-state index contributed by atoms with van der Waals surface area (Å²) in [4.78, 5) is 28.1. The second kappa shape index (κ2) is 6.75. The molecule has 132 valence electrons. The molecule has 1 aliphatic rings. The molecule has 0 aromatic carbocycles. The number of primary amides is 1. The fourth-order valence-electron chi connectivity index (χ4n) is 2.95. The lowest BCUT2D eigenvalue weighted by Gasteiger charge is -2.34. The monoisotopic (exact) mass is 345 g/mol. The third kappa shape index (κ3) is 3.67. The van der Waals surface area contributed by atoms with E-state index in [1.165, 1.54) is 0 Å². The number of nitrogens with two attached hydrogens (primary N) is 1. The number of hydrogen-bond donors (Lipinski definition) is 2. The van der Waals surface area contributed by atoms with Crippen LogP contribution in [0.5, 0.6) is 0 Å². The van der Waals surface area contributed by atoms with Crippen LogP contribution < -0.4 is 16.0 Å². The maximum atomic E-state index is 11.6. The highest BCUT2D eigenvalue weighted by molar-refractivity contribution is 5.98. The van der Waals surface area contributed by atoms with E-state index in [1.54, 1.807) is 10.9 Å². The van der Waals surface area contributed by atoms with Crippen molar-refractivity contribution in [2.24, 2.45) is 12.8 Å². The summed E-state index contributed by atoms with van der Waals surface area (Å²) in [5.41, 5.74) is 6.13. The molecule has 1 aliphatic heterocycles. The largest absolute Gasteiger partial charge is 0.367 e. The average molecular weight is 345 g/mol. The maximum Gasteiger partial charge on any atom is 0.288 e. The first-order valence-electron chi connectivity index (χ1n) is 7.88. The van der Waals surface area contributed by atoms with E-state index < -0.39 is 10.8 Å². The van der Waals surface area contributed by atoms with Crippen LogP contribution in [0.25, 0.3) is 0 Å². The first-order chi connectivity index (χ1) is 11.9. The molecule has 2 aromatic heterocycles.